The highest BCUT2D eigenvalue weighted by Gasteiger charge is 2.17. The summed E-state index contributed by atoms with van der Waals surface area (Å²) in [7, 11) is 0. The van der Waals surface area contributed by atoms with E-state index >= 15 is 0 Å². The highest BCUT2D eigenvalue weighted by atomic mass is 35.5. The maximum absolute atomic E-state index is 12.8. The number of halogens is 2. The van der Waals surface area contributed by atoms with Crippen molar-refractivity contribution in [3.63, 3.8) is 0 Å². The second kappa shape index (κ2) is 2.94. The number of pyridine rings is 1. The zero-order valence-corrected chi connectivity index (χ0v) is 6.47. The topological polar surface area (TPSA) is 76.2 Å². The lowest BCUT2D eigenvalue weighted by molar-refractivity contribution is 0.0995. The molecule has 0 aliphatic carbocycles. The number of carbonyl (C=O) groups is 1. The van der Waals surface area contributed by atoms with Crippen LogP contribution in [0.2, 0.25) is 5.02 Å². The Morgan fingerprint density at radius 1 is 1.75 bits per heavy atom. The average Bonchev–Trinajstić information content (AvgIpc) is 1.97. The van der Waals surface area contributed by atoms with E-state index in [1.54, 1.807) is 0 Å². The number of aromatic nitrogens is 1. The summed E-state index contributed by atoms with van der Waals surface area (Å²) < 4.78 is 12.8. The van der Waals surface area contributed by atoms with Gasteiger partial charge in [0.2, 0.25) is 5.88 Å². The molecular formula is C6H4ClFN2O2. The molecular weight excluding hydrogens is 187 g/mol. The van der Waals surface area contributed by atoms with Crippen LogP contribution in [0, 0.1) is 5.82 Å². The van der Waals surface area contributed by atoms with E-state index in [0.717, 1.165) is 6.20 Å². The zero-order chi connectivity index (χ0) is 9.30. The van der Waals surface area contributed by atoms with Gasteiger partial charge in [0.05, 0.1) is 11.2 Å². The number of aromatic hydroxyl groups is 1. The standard InChI is InChI=1S/C6H4ClFN2O2/c7-2-1-10-6(12)4(8)3(2)5(9)11/h1H,(H2,9,11)(H,10,12). The lowest BCUT2D eigenvalue weighted by Crippen LogP contribution is -2.14. The van der Waals surface area contributed by atoms with Crippen molar-refractivity contribution >= 4 is 17.5 Å². The van der Waals surface area contributed by atoms with Crippen molar-refractivity contribution < 1.29 is 14.3 Å². The van der Waals surface area contributed by atoms with E-state index in [2.05, 4.69) is 4.98 Å². The molecule has 0 saturated heterocycles. The molecule has 1 aromatic heterocycles. The van der Waals surface area contributed by atoms with Crippen LogP contribution in [0.15, 0.2) is 6.20 Å². The van der Waals surface area contributed by atoms with Crippen molar-refractivity contribution in [2.24, 2.45) is 5.73 Å². The Balaban J connectivity index is 3.43. The third-order valence-corrected chi connectivity index (χ3v) is 1.49. The minimum absolute atomic E-state index is 0.224. The van der Waals surface area contributed by atoms with Crippen molar-refractivity contribution in [1.29, 1.82) is 0 Å². The fraction of sp³-hybridized carbons (Fsp3) is 0. The summed E-state index contributed by atoms with van der Waals surface area (Å²) in [4.78, 5) is 13.7. The van der Waals surface area contributed by atoms with E-state index in [9.17, 15) is 9.18 Å². The van der Waals surface area contributed by atoms with Gasteiger partial charge in [-0.15, -0.1) is 0 Å². The van der Waals surface area contributed by atoms with Crippen LogP contribution < -0.4 is 5.73 Å². The Morgan fingerprint density at radius 3 is 2.75 bits per heavy atom. The number of nitrogens with zero attached hydrogens (tertiary/aromatic N) is 1. The molecule has 1 rings (SSSR count). The van der Waals surface area contributed by atoms with Gasteiger partial charge in [-0.3, -0.25) is 4.79 Å². The van der Waals surface area contributed by atoms with Crippen molar-refractivity contribution in [2.75, 3.05) is 0 Å². The van der Waals surface area contributed by atoms with Crippen LogP contribution in [-0.2, 0) is 0 Å². The van der Waals surface area contributed by atoms with Crippen LogP contribution in [0.25, 0.3) is 0 Å². The van der Waals surface area contributed by atoms with Crippen LogP contribution in [0.1, 0.15) is 10.4 Å². The summed E-state index contributed by atoms with van der Waals surface area (Å²) in [6.07, 6.45) is 0.945. The maximum atomic E-state index is 12.8. The molecule has 0 aromatic carbocycles. The summed E-state index contributed by atoms with van der Waals surface area (Å²) in [6, 6.07) is 0. The van der Waals surface area contributed by atoms with E-state index < -0.39 is 23.2 Å². The fourth-order valence-corrected chi connectivity index (χ4v) is 0.906. The first-order chi connectivity index (χ1) is 5.54. The van der Waals surface area contributed by atoms with Gasteiger partial charge >= 0.3 is 0 Å². The Hall–Kier alpha value is -1.36. The molecule has 0 spiro atoms. The van der Waals surface area contributed by atoms with Gasteiger partial charge in [-0.25, -0.2) is 9.37 Å². The number of primary amides is 1. The van der Waals surface area contributed by atoms with E-state index in [1.807, 2.05) is 0 Å². The van der Waals surface area contributed by atoms with Gasteiger partial charge in [-0.1, -0.05) is 11.6 Å². The van der Waals surface area contributed by atoms with Gasteiger partial charge in [-0.2, -0.15) is 0 Å². The first kappa shape index (κ1) is 8.73. The molecule has 0 aliphatic heterocycles. The maximum Gasteiger partial charge on any atom is 0.253 e. The molecule has 0 unspecified atom stereocenters. The number of amides is 1. The van der Waals surface area contributed by atoms with Crippen LogP contribution >= 0.6 is 11.6 Å². The normalized spacial score (nSPS) is 9.83. The van der Waals surface area contributed by atoms with Crippen molar-refractivity contribution in [1.82, 2.24) is 4.98 Å². The first-order valence-electron chi connectivity index (χ1n) is 2.86. The van der Waals surface area contributed by atoms with Gasteiger partial charge in [0.15, 0.2) is 5.82 Å². The molecule has 0 radical (unpaired) electrons. The number of nitrogens with two attached hydrogens (primary N) is 1. The van der Waals surface area contributed by atoms with Gasteiger partial charge in [-0.05, 0) is 0 Å². The molecule has 12 heavy (non-hydrogen) atoms. The Kier molecular flexibility index (Phi) is 2.14. The lowest BCUT2D eigenvalue weighted by atomic mass is 10.2. The highest BCUT2D eigenvalue weighted by Crippen LogP contribution is 2.22. The van der Waals surface area contributed by atoms with E-state index in [4.69, 9.17) is 22.4 Å². The highest BCUT2D eigenvalue weighted by molar-refractivity contribution is 6.33. The van der Waals surface area contributed by atoms with Crippen LogP contribution in [-0.4, -0.2) is 16.0 Å². The third-order valence-electron chi connectivity index (χ3n) is 1.20. The smallest absolute Gasteiger partial charge is 0.253 e. The van der Waals surface area contributed by atoms with E-state index in [0.29, 0.717) is 0 Å². The molecule has 1 heterocycles. The molecule has 1 amide bonds. The zero-order valence-electron chi connectivity index (χ0n) is 5.71. The molecule has 0 fully saturated rings. The number of rotatable bonds is 1. The summed E-state index contributed by atoms with van der Waals surface area (Å²) in [5, 5.41) is 8.50. The number of hydrogen-bond acceptors (Lipinski definition) is 3. The molecule has 4 nitrogen and oxygen atoms in total. The monoisotopic (exact) mass is 190 g/mol. The van der Waals surface area contributed by atoms with Gasteiger partial charge in [0, 0.05) is 0 Å². The molecule has 6 heteroatoms. The summed E-state index contributed by atoms with van der Waals surface area (Å²) >= 11 is 5.38. The van der Waals surface area contributed by atoms with Crippen molar-refractivity contribution in [3.05, 3.63) is 22.6 Å². The van der Waals surface area contributed by atoms with Crippen LogP contribution in [0.3, 0.4) is 0 Å². The minimum atomic E-state index is -1.20. The molecule has 0 saturated carbocycles. The Morgan fingerprint density at radius 2 is 2.33 bits per heavy atom. The first-order valence-corrected chi connectivity index (χ1v) is 3.24. The quantitative estimate of drug-likeness (QED) is 0.684. The van der Waals surface area contributed by atoms with Crippen molar-refractivity contribution in [3.8, 4) is 5.88 Å². The molecule has 3 N–H and O–H groups in total. The number of hydrogen-bond donors (Lipinski definition) is 2. The van der Waals surface area contributed by atoms with Crippen molar-refractivity contribution in [2.45, 2.75) is 0 Å². The average molecular weight is 191 g/mol. The van der Waals surface area contributed by atoms with Gasteiger partial charge < -0.3 is 10.8 Å². The molecule has 64 valence electrons. The lowest BCUT2D eigenvalue weighted by Gasteiger charge is -2.00. The van der Waals surface area contributed by atoms with Gasteiger partial charge in [0.1, 0.15) is 5.56 Å². The second-order valence-electron chi connectivity index (χ2n) is 1.98. The molecule has 0 bridgehead atoms. The second-order valence-corrected chi connectivity index (χ2v) is 2.39. The molecule has 0 aliphatic rings. The van der Waals surface area contributed by atoms with Gasteiger partial charge in [0.25, 0.3) is 5.91 Å². The van der Waals surface area contributed by atoms with E-state index in [1.165, 1.54) is 0 Å². The number of carbonyl (C=O) groups excluding carboxylic acids is 1. The Labute approximate surface area is 71.8 Å². The van der Waals surface area contributed by atoms with E-state index in [-0.39, 0.29) is 5.02 Å². The summed E-state index contributed by atoms with van der Waals surface area (Å²) in [5.41, 5.74) is 4.23. The predicted molar refractivity (Wildman–Crippen MR) is 39.4 cm³/mol. The SMILES string of the molecule is NC(=O)c1c(Cl)cnc(O)c1F. The molecule has 0 atom stereocenters. The third kappa shape index (κ3) is 1.31. The largest absolute Gasteiger partial charge is 0.491 e. The predicted octanol–water partition coefficient (Wildman–Crippen LogP) is 0.679. The molecule has 1 aromatic rings. The fourth-order valence-electron chi connectivity index (χ4n) is 0.682. The summed E-state index contributed by atoms with van der Waals surface area (Å²) in [6.45, 7) is 0. The van der Waals surface area contributed by atoms with Crippen LogP contribution in [0.4, 0.5) is 4.39 Å². The Bertz CT molecular complexity index is 343. The van der Waals surface area contributed by atoms with Crippen LogP contribution in [0.5, 0.6) is 5.88 Å². The summed E-state index contributed by atoms with van der Waals surface area (Å²) in [5.74, 6) is -3.14. The minimum Gasteiger partial charge on any atom is -0.491 e.